The van der Waals surface area contributed by atoms with Crippen molar-refractivity contribution in [3.05, 3.63) is 22.7 Å². The minimum Gasteiger partial charge on any atom is -0.496 e. The first-order valence-corrected chi connectivity index (χ1v) is 8.62. The van der Waals surface area contributed by atoms with Gasteiger partial charge in [0.05, 0.1) is 16.5 Å². The summed E-state index contributed by atoms with van der Waals surface area (Å²) in [6.45, 7) is 1.40. The molecule has 0 radical (unpaired) electrons. The van der Waals surface area contributed by atoms with Crippen LogP contribution >= 0.6 is 15.9 Å². The van der Waals surface area contributed by atoms with E-state index >= 15 is 0 Å². The highest BCUT2D eigenvalue weighted by molar-refractivity contribution is 9.10. The van der Waals surface area contributed by atoms with E-state index in [1.165, 1.54) is 13.2 Å². The molecule has 0 aliphatic rings. The smallest absolute Gasteiger partial charge is 0.240 e. The van der Waals surface area contributed by atoms with Crippen LogP contribution in [0.15, 0.2) is 27.6 Å². The standard InChI is InChI=1S/C13H21BrN2O3S/c1-16(2)9-5-4-8-15-20(17,18)11-6-7-13(19-3)12(14)10-11/h6-7,10,15H,4-5,8-9H2,1-3H3. The first-order chi connectivity index (χ1) is 9.36. The fourth-order valence-corrected chi connectivity index (χ4v) is 3.45. The summed E-state index contributed by atoms with van der Waals surface area (Å²) in [4.78, 5) is 2.31. The molecule has 1 aromatic carbocycles. The summed E-state index contributed by atoms with van der Waals surface area (Å²) in [5.74, 6) is 0.606. The maximum Gasteiger partial charge on any atom is 0.240 e. The second-order valence-corrected chi connectivity index (χ2v) is 7.33. The Hall–Kier alpha value is -0.630. The Morgan fingerprint density at radius 2 is 2.00 bits per heavy atom. The SMILES string of the molecule is COc1ccc(S(=O)(=O)NCCCCN(C)C)cc1Br. The topological polar surface area (TPSA) is 58.6 Å². The van der Waals surface area contributed by atoms with E-state index in [2.05, 4.69) is 25.6 Å². The molecule has 0 aliphatic carbocycles. The Bertz CT molecular complexity index is 532. The molecule has 7 heteroatoms. The van der Waals surface area contributed by atoms with E-state index in [1.807, 2.05) is 14.1 Å². The summed E-state index contributed by atoms with van der Waals surface area (Å²) in [6, 6.07) is 4.71. The predicted octanol–water partition coefficient (Wildman–Crippen LogP) is 2.08. The van der Waals surface area contributed by atoms with Crippen molar-refractivity contribution in [2.75, 3.05) is 34.3 Å². The molecule has 5 nitrogen and oxygen atoms in total. The summed E-state index contributed by atoms with van der Waals surface area (Å²) < 4.78 is 32.5. The van der Waals surface area contributed by atoms with Gasteiger partial charge in [-0.2, -0.15) is 0 Å². The predicted molar refractivity (Wildman–Crippen MR) is 83.7 cm³/mol. The summed E-state index contributed by atoms with van der Waals surface area (Å²) in [7, 11) is 2.08. The first-order valence-electron chi connectivity index (χ1n) is 6.35. The highest BCUT2D eigenvalue weighted by Gasteiger charge is 2.15. The van der Waals surface area contributed by atoms with Crippen molar-refractivity contribution in [3.63, 3.8) is 0 Å². The number of nitrogens with zero attached hydrogens (tertiary/aromatic N) is 1. The average molecular weight is 365 g/mol. The number of methoxy groups -OCH3 is 1. The van der Waals surface area contributed by atoms with Crippen LogP contribution in [0.1, 0.15) is 12.8 Å². The van der Waals surface area contributed by atoms with Gasteiger partial charge in [-0.05, 0) is 67.6 Å². The third kappa shape index (κ3) is 5.40. The molecule has 1 aromatic rings. The lowest BCUT2D eigenvalue weighted by molar-refractivity contribution is 0.394. The Morgan fingerprint density at radius 1 is 1.30 bits per heavy atom. The van der Waals surface area contributed by atoms with Gasteiger partial charge in [0.15, 0.2) is 0 Å². The van der Waals surface area contributed by atoms with Crippen molar-refractivity contribution < 1.29 is 13.2 Å². The van der Waals surface area contributed by atoms with Crippen molar-refractivity contribution in [2.45, 2.75) is 17.7 Å². The van der Waals surface area contributed by atoms with Crippen molar-refractivity contribution in [3.8, 4) is 5.75 Å². The van der Waals surface area contributed by atoms with Crippen LogP contribution in [0.25, 0.3) is 0 Å². The van der Waals surface area contributed by atoms with Crippen LogP contribution in [0.4, 0.5) is 0 Å². The highest BCUT2D eigenvalue weighted by atomic mass is 79.9. The molecule has 0 saturated carbocycles. The molecule has 0 atom stereocenters. The fraction of sp³-hybridized carbons (Fsp3) is 0.538. The molecule has 0 saturated heterocycles. The Kier molecular flexibility index (Phi) is 6.94. The minimum absolute atomic E-state index is 0.234. The van der Waals surface area contributed by atoms with Crippen LogP contribution in [-0.4, -0.2) is 47.6 Å². The number of benzene rings is 1. The van der Waals surface area contributed by atoms with Gasteiger partial charge in [-0.25, -0.2) is 13.1 Å². The summed E-state index contributed by atoms with van der Waals surface area (Å²) in [5.41, 5.74) is 0. The van der Waals surface area contributed by atoms with Gasteiger partial charge < -0.3 is 9.64 Å². The largest absolute Gasteiger partial charge is 0.496 e. The molecule has 1 N–H and O–H groups in total. The van der Waals surface area contributed by atoms with Crippen LogP contribution in [0.3, 0.4) is 0 Å². The van der Waals surface area contributed by atoms with E-state index < -0.39 is 10.0 Å². The molecule has 0 amide bonds. The minimum atomic E-state index is -3.46. The lowest BCUT2D eigenvalue weighted by Gasteiger charge is -2.10. The molecule has 0 aromatic heterocycles. The molecule has 0 unspecified atom stereocenters. The fourth-order valence-electron chi connectivity index (χ4n) is 1.66. The molecule has 0 fully saturated rings. The third-order valence-corrected chi connectivity index (χ3v) is 4.84. The van der Waals surface area contributed by atoms with Crippen LogP contribution in [-0.2, 0) is 10.0 Å². The Morgan fingerprint density at radius 3 is 2.55 bits per heavy atom. The van der Waals surface area contributed by atoms with Crippen molar-refractivity contribution >= 4 is 26.0 Å². The van der Waals surface area contributed by atoms with Gasteiger partial charge in [-0.15, -0.1) is 0 Å². The van der Waals surface area contributed by atoms with Gasteiger partial charge in [0.1, 0.15) is 5.75 Å². The Balaban J connectivity index is 2.58. The maximum atomic E-state index is 12.1. The number of ether oxygens (including phenoxy) is 1. The monoisotopic (exact) mass is 364 g/mol. The van der Waals surface area contributed by atoms with E-state index in [-0.39, 0.29) is 4.90 Å². The average Bonchev–Trinajstić information content (AvgIpc) is 2.37. The Labute approximate surface area is 129 Å². The molecule has 0 spiro atoms. The number of halogens is 1. The van der Waals surface area contributed by atoms with E-state index in [1.54, 1.807) is 12.1 Å². The van der Waals surface area contributed by atoms with Crippen molar-refractivity contribution in [1.82, 2.24) is 9.62 Å². The van der Waals surface area contributed by atoms with Gasteiger partial charge >= 0.3 is 0 Å². The van der Waals surface area contributed by atoms with Crippen LogP contribution < -0.4 is 9.46 Å². The molecule has 0 aliphatic heterocycles. The van der Waals surface area contributed by atoms with Gasteiger partial charge in [0.2, 0.25) is 10.0 Å². The van der Waals surface area contributed by atoms with E-state index in [0.717, 1.165) is 19.4 Å². The van der Waals surface area contributed by atoms with Gasteiger partial charge in [0.25, 0.3) is 0 Å². The van der Waals surface area contributed by atoms with Gasteiger partial charge in [-0.3, -0.25) is 0 Å². The lowest BCUT2D eigenvalue weighted by Crippen LogP contribution is -2.25. The quantitative estimate of drug-likeness (QED) is 0.717. The second kappa shape index (κ2) is 7.97. The van der Waals surface area contributed by atoms with Crippen molar-refractivity contribution in [2.24, 2.45) is 0 Å². The number of hydrogen-bond acceptors (Lipinski definition) is 4. The van der Waals surface area contributed by atoms with Gasteiger partial charge in [-0.1, -0.05) is 0 Å². The molecular formula is C13H21BrN2O3S. The van der Waals surface area contributed by atoms with Crippen LogP contribution in [0.2, 0.25) is 0 Å². The zero-order valence-electron chi connectivity index (χ0n) is 12.0. The molecule has 1 rings (SSSR count). The zero-order valence-corrected chi connectivity index (χ0v) is 14.4. The van der Waals surface area contributed by atoms with E-state index in [4.69, 9.17) is 4.74 Å². The molecule has 0 bridgehead atoms. The number of hydrogen-bond donors (Lipinski definition) is 1. The maximum absolute atomic E-state index is 12.1. The van der Waals surface area contributed by atoms with Crippen molar-refractivity contribution in [1.29, 1.82) is 0 Å². The van der Waals surface area contributed by atoms with E-state index in [9.17, 15) is 8.42 Å². The summed E-state index contributed by atoms with van der Waals surface area (Å²) in [6.07, 6.45) is 1.77. The molecule has 114 valence electrons. The molecule has 20 heavy (non-hydrogen) atoms. The number of sulfonamides is 1. The number of rotatable bonds is 8. The summed E-state index contributed by atoms with van der Waals surface area (Å²) in [5, 5.41) is 0. The third-order valence-electron chi connectivity index (χ3n) is 2.76. The summed E-state index contributed by atoms with van der Waals surface area (Å²) >= 11 is 3.29. The molecular weight excluding hydrogens is 344 g/mol. The second-order valence-electron chi connectivity index (χ2n) is 4.70. The first kappa shape index (κ1) is 17.4. The zero-order chi connectivity index (χ0) is 15.2. The van der Waals surface area contributed by atoms with Gasteiger partial charge in [0, 0.05) is 6.54 Å². The number of nitrogens with one attached hydrogen (secondary N) is 1. The van der Waals surface area contributed by atoms with Crippen LogP contribution in [0, 0.1) is 0 Å². The normalized spacial score (nSPS) is 11.8. The highest BCUT2D eigenvalue weighted by Crippen LogP contribution is 2.27. The number of unbranched alkanes of at least 4 members (excludes halogenated alkanes) is 1. The lowest BCUT2D eigenvalue weighted by atomic mass is 10.3. The molecule has 0 heterocycles. The van der Waals surface area contributed by atoms with E-state index in [0.29, 0.717) is 16.8 Å². The van der Waals surface area contributed by atoms with Crippen LogP contribution in [0.5, 0.6) is 5.75 Å².